The Kier molecular flexibility index (Phi) is 5.00. The highest BCUT2D eigenvalue weighted by atomic mass is 16.6. The molecule has 1 saturated carbocycles. The Hall–Kier alpha value is -1.12. The molecule has 2 heteroatoms. The zero-order valence-electron chi connectivity index (χ0n) is 13.7. The topological polar surface area (TPSA) is 29.5 Å². The molecule has 0 radical (unpaired) electrons. The van der Waals surface area contributed by atoms with Gasteiger partial charge in [-0.25, -0.2) is 0 Å². The van der Waals surface area contributed by atoms with Crippen LogP contribution in [0.2, 0.25) is 0 Å². The van der Waals surface area contributed by atoms with Gasteiger partial charge in [0, 0.05) is 6.42 Å². The van der Waals surface area contributed by atoms with Crippen LogP contribution in [0.4, 0.5) is 0 Å². The third-order valence-electron chi connectivity index (χ3n) is 5.43. The first kappa shape index (κ1) is 15.8. The molecule has 2 fully saturated rings. The summed E-state index contributed by atoms with van der Waals surface area (Å²) in [5, 5.41) is 9.68. The van der Waals surface area contributed by atoms with Crippen molar-refractivity contribution in [2.75, 3.05) is 0 Å². The largest absolute Gasteiger partial charge is 0.368 e. The molecule has 0 bridgehead atoms. The summed E-state index contributed by atoms with van der Waals surface area (Å²) in [7, 11) is 0. The summed E-state index contributed by atoms with van der Waals surface area (Å²) in [5.74, 6) is 2.35. The van der Waals surface area contributed by atoms with E-state index in [1.54, 1.807) is 0 Å². The molecule has 6 atom stereocenters. The van der Waals surface area contributed by atoms with E-state index in [2.05, 4.69) is 56.3 Å². The number of hydrogen-bond donors (Lipinski definition) is 1. The van der Waals surface area contributed by atoms with E-state index in [9.17, 15) is 5.11 Å². The lowest BCUT2D eigenvalue weighted by atomic mass is 9.87. The summed E-state index contributed by atoms with van der Waals surface area (Å²) in [6.07, 6.45) is 8.77. The normalized spacial score (nSPS) is 35.9. The molecule has 1 aromatic carbocycles. The molecule has 1 aliphatic heterocycles. The van der Waals surface area contributed by atoms with Gasteiger partial charge in [0.15, 0.2) is 6.29 Å². The zero-order valence-corrected chi connectivity index (χ0v) is 13.7. The summed E-state index contributed by atoms with van der Waals surface area (Å²) in [6, 6.07) is 10.7. The molecule has 22 heavy (non-hydrogen) atoms. The van der Waals surface area contributed by atoms with Crippen molar-refractivity contribution in [3.63, 3.8) is 0 Å². The number of allylic oxidation sites excluding steroid dienone is 2. The van der Waals surface area contributed by atoms with Gasteiger partial charge in [0.1, 0.15) is 0 Å². The number of aliphatic hydroxyl groups is 1. The average Bonchev–Trinajstić information content (AvgIpc) is 2.99. The fraction of sp³-hybridized carbons (Fsp3) is 0.600. The third-order valence-corrected chi connectivity index (χ3v) is 5.43. The second-order valence-electron chi connectivity index (χ2n) is 7.21. The van der Waals surface area contributed by atoms with Gasteiger partial charge in [-0.1, -0.05) is 56.3 Å². The summed E-state index contributed by atoms with van der Waals surface area (Å²) < 4.78 is 5.62. The van der Waals surface area contributed by atoms with Gasteiger partial charge in [-0.3, -0.25) is 0 Å². The lowest BCUT2D eigenvalue weighted by Gasteiger charge is -2.17. The van der Waals surface area contributed by atoms with Crippen molar-refractivity contribution >= 4 is 0 Å². The summed E-state index contributed by atoms with van der Waals surface area (Å²) >= 11 is 0. The number of ether oxygens (including phenoxy) is 1. The molecule has 2 unspecified atom stereocenters. The smallest absolute Gasteiger partial charge is 0.155 e. The first-order valence-electron chi connectivity index (χ1n) is 8.69. The molecule has 2 nitrogen and oxygen atoms in total. The van der Waals surface area contributed by atoms with Crippen LogP contribution in [-0.2, 0) is 11.2 Å². The lowest BCUT2D eigenvalue weighted by Crippen LogP contribution is -2.14. The molecular formula is C20H28O2. The van der Waals surface area contributed by atoms with Gasteiger partial charge in [-0.05, 0) is 48.5 Å². The molecule has 0 spiro atoms. The van der Waals surface area contributed by atoms with Crippen LogP contribution in [0, 0.1) is 23.7 Å². The second kappa shape index (κ2) is 6.97. The van der Waals surface area contributed by atoms with Crippen molar-refractivity contribution in [1.82, 2.24) is 0 Å². The van der Waals surface area contributed by atoms with Crippen molar-refractivity contribution in [3.05, 3.63) is 48.0 Å². The molecule has 120 valence electrons. The lowest BCUT2D eigenvalue weighted by molar-refractivity contribution is -0.0922. The Balaban J connectivity index is 1.52. The molecule has 1 aromatic rings. The van der Waals surface area contributed by atoms with Crippen molar-refractivity contribution in [3.8, 4) is 0 Å². The Morgan fingerprint density at radius 3 is 2.82 bits per heavy atom. The Bertz CT molecular complexity index is 496. The van der Waals surface area contributed by atoms with Gasteiger partial charge in [0.05, 0.1) is 6.10 Å². The Labute approximate surface area is 134 Å². The van der Waals surface area contributed by atoms with E-state index in [0.29, 0.717) is 23.7 Å². The van der Waals surface area contributed by atoms with E-state index in [4.69, 9.17) is 4.74 Å². The maximum absolute atomic E-state index is 9.68. The fourth-order valence-electron chi connectivity index (χ4n) is 4.11. The Morgan fingerprint density at radius 2 is 2.05 bits per heavy atom. The predicted molar refractivity (Wildman–Crippen MR) is 89.3 cm³/mol. The summed E-state index contributed by atoms with van der Waals surface area (Å²) in [5.41, 5.74) is 1.42. The van der Waals surface area contributed by atoms with E-state index in [1.165, 1.54) is 12.0 Å². The predicted octanol–water partition coefficient (Wildman–Crippen LogP) is 4.19. The molecular weight excluding hydrogens is 272 g/mol. The monoisotopic (exact) mass is 300 g/mol. The maximum atomic E-state index is 9.68. The third kappa shape index (κ3) is 3.61. The number of fused-ring (bicyclic) bond motifs is 1. The van der Waals surface area contributed by atoms with E-state index in [1.807, 2.05) is 0 Å². The molecule has 0 aromatic heterocycles. The minimum Gasteiger partial charge on any atom is -0.368 e. The van der Waals surface area contributed by atoms with Gasteiger partial charge in [0.25, 0.3) is 0 Å². The van der Waals surface area contributed by atoms with E-state index in [-0.39, 0.29) is 6.10 Å². The van der Waals surface area contributed by atoms with Crippen LogP contribution in [0.5, 0.6) is 0 Å². The van der Waals surface area contributed by atoms with Gasteiger partial charge in [-0.2, -0.15) is 0 Å². The average molecular weight is 300 g/mol. The van der Waals surface area contributed by atoms with Crippen LogP contribution in [0.15, 0.2) is 42.5 Å². The summed E-state index contributed by atoms with van der Waals surface area (Å²) in [6.45, 7) is 4.62. The number of rotatable bonds is 5. The minimum atomic E-state index is -0.533. The minimum absolute atomic E-state index is 0.277. The van der Waals surface area contributed by atoms with Crippen LogP contribution in [-0.4, -0.2) is 17.5 Å². The molecule has 1 saturated heterocycles. The van der Waals surface area contributed by atoms with Crippen LogP contribution in [0.3, 0.4) is 0 Å². The van der Waals surface area contributed by atoms with Gasteiger partial charge in [-0.15, -0.1) is 0 Å². The molecule has 1 aliphatic carbocycles. The molecule has 0 amide bonds. The molecule has 1 heterocycles. The van der Waals surface area contributed by atoms with Gasteiger partial charge < -0.3 is 9.84 Å². The van der Waals surface area contributed by atoms with Crippen LogP contribution in [0.25, 0.3) is 0 Å². The second-order valence-corrected chi connectivity index (χ2v) is 7.21. The number of hydrogen-bond acceptors (Lipinski definition) is 2. The van der Waals surface area contributed by atoms with E-state index >= 15 is 0 Å². The molecule has 1 N–H and O–H groups in total. The van der Waals surface area contributed by atoms with Crippen molar-refractivity contribution in [2.45, 2.75) is 51.9 Å². The zero-order chi connectivity index (χ0) is 15.5. The van der Waals surface area contributed by atoms with Crippen molar-refractivity contribution in [1.29, 1.82) is 0 Å². The van der Waals surface area contributed by atoms with Crippen molar-refractivity contribution in [2.24, 2.45) is 23.7 Å². The summed E-state index contributed by atoms with van der Waals surface area (Å²) in [4.78, 5) is 0. The van der Waals surface area contributed by atoms with Crippen LogP contribution < -0.4 is 0 Å². The number of aryl methyl sites for hydroxylation is 1. The fourth-order valence-corrected chi connectivity index (χ4v) is 4.11. The first-order valence-corrected chi connectivity index (χ1v) is 8.69. The highest BCUT2D eigenvalue weighted by molar-refractivity contribution is 5.15. The first-order chi connectivity index (χ1) is 10.6. The standard InChI is InChI=1S/C20H28O2/c1-14(8-10-16-6-4-3-5-7-16)9-11-17-15(2)12-19-18(17)13-20(21)22-19/h3-7,9,11,14-15,17-21H,8,10,12-13H2,1-2H3/b11-9+/t14-,15+,17-,18+,19?,20?/m0/s1. The quantitative estimate of drug-likeness (QED) is 0.826. The van der Waals surface area contributed by atoms with Gasteiger partial charge in [0.2, 0.25) is 0 Å². The van der Waals surface area contributed by atoms with E-state index < -0.39 is 6.29 Å². The molecule has 3 rings (SSSR count). The van der Waals surface area contributed by atoms with Gasteiger partial charge >= 0.3 is 0 Å². The number of aliphatic hydroxyl groups excluding tert-OH is 1. The maximum Gasteiger partial charge on any atom is 0.155 e. The van der Waals surface area contributed by atoms with E-state index in [0.717, 1.165) is 19.3 Å². The highest BCUT2D eigenvalue weighted by Gasteiger charge is 2.46. The number of benzene rings is 1. The van der Waals surface area contributed by atoms with Crippen LogP contribution >= 0.6 is 0 Å². The SMILES string of the molecule is C[C@H](/C=C/[C@H]1[C@H](C)CC2OC(O)C[C@@H]21)CCc1ccccc1. The highest BCUT2D eigenvalue weighted by Crippen LogP contribution is 2.46. The van der Waals surface area contributed by atoms with Crippen LogP contribution in [0.1, 0.15) is 38.7 Å². The van der Waals surface area contributed by atoms with Crippen molar-refractivity contribution < 1.29 is 9.84 Å². The molecule has 2 aliphatic rings. The Morgan fingerprint density at radius 1 is 1.27 bits per heavy atom.